The van der Waals surface area contributed by atoms with E-state index in [0.717, 1.165) is 5.56 Å². The van der Waals surface area contributed by atoms with E-state index in [1.807, 2.05) is 19.9 Å². The Labute approximate surface area is 109 Å². The van der Waals surface area contributed by atoms with E-state index in [-0.39, 0.29) is 18.4 Å². The molecular weight excluding hydrogens is 260 g/mol. The van der Waals surface area contributed by atoms with E-state index in [1.165, 1.54) is 0 Å². The Balaban J connectivity index is 0.00000256. The first-order valence-electron chi connectivity index (χ1n) is 5.19. The van der Waals surface area contributed by atoms with Crippen molar-refractivity contribution in [2.24, 2.45) is 0 Å². The highest BCUT2D eigenvalue weighted by Gasteiger charge is 2.14. The van der Waals surface area contributed by atoms with Crippen LogP contribution < -0.4 is 10.0 Å². The summed E-state index contributed by atoms with van der Waals surface area (Å²) in [6.07, 6.45) is 0. The summed E-state index contributed by atoms with van der Waals surface area (Å²) in [4.78, 5) is 0.316. The van der Waals surface area contributed by atoms with Crippen LogP contribution in [-0.2, 0) is 10.0 Å². The summed E-state index contributed by atoms with van der Waals surface area (Å²) in [5.74, 6) is 0. The van der Waals surface area contributed by atoms with Gasteiger partial charge in [0, 0.05) is 12.6 Å². The molecule has 1 rings (SSSR count). The molecule has 4 nitrogen and oxygen atoms in total. The second kappa shape index (κ2) is 6.96. The Hall–Kier alpha value is -0.620. The molecule has 1 unspecified atom stereocenters. The number of hydrogen-bond acceptors (Lipinski definition) is 3. The van der Waals surface area contributed by atoms with E-state index in [9.17, 15) is 8.42 Å². The zero-order chi connectivity index (χ0) is 12.2. The Morgan fingerprint density at radius 1 is 1.35 bits per heavy atom. The Morgan fingerprint density at radius 2 is 2.00 bits per heavy atom. The van der Waals surface area contributed by atoms with E-state index in [4.69, 9.17) is 0 Å². The molecule has 0 saturated heterocycles. The van der Waals surface area contributed by atoms with Crippen LogP contribution in [0.3, 0.4) is 0 Å². The Kier molecular flexibility index (Phi) is 6.70. The number of sulfonamides is 1. The summed E-state index contributed by atoms with van der Waals surface area (Å²) in [5, 5.41) is 2.97. The molecule has 0 aromatic heterocycles. The lowest BCUT2D eigenvalue weighted by molar-refractivity contribution is 0.554. The van der Waals surface area contributed by atoms with Crippen LogP contribution in [0, 0.1) is 6.92 Å². The smallest absolute Gasteiger partial charge is 0.240 e. The van der Waals surface area contributed by atoms with Crippen molar-refractivity contribution in [3.05, 3.63) is 29.8 Å². The third-order valence-electron chi connectivity index (χ3n) is 2.37. The van der Waals surface area contributed by atoms with E-state index >= 15 is 0 Å². The van der Waals surface area contributed by atoms with Crippen molar-refractivity contribution < 1.29 is 8.42 Å². The summed E-state index contributed by atoms with van der Waals surface area (Å²) in [6, 6.07) is 6.98. The van der Waals surface area contributed by atoms with E-state index < -0.39 is 10.0 Å². The first-order chi connectivity index (χ1) is 7.45. The zero-order valence-corrected chi connectivity index (χ0v) is 11.9. The minimum Gasteiger partial charge on any atom is -0.316 e. The largest absolute Gasteiger partial charge is 0.316 e. The summed E-state index contributed by atoms with van der Waals surface area (Å²) < 4.78 is 26.3. The van der Waals surface area contributed by atoms with Crippen LogP contribution in [0.1, 0.15) is 12.5 Å². The van der Waals surface area contributed by atoms with Crippen LogP contribution in [-0.4, -0.2) is 28.1 Å². The van der Waals surface area contributed by atoms with E-state index in [1.54, 1.807) is 25.2 Å². The number of benzene rings is 1. The van der Waals surface area contributed by atoms with Gasteiger partial charge in [0.2, 0.25) is 10.0 Å². The average Bonchev–Trinajstić information content (AvgIpc) is 2.26. The molecule has 0 bridgehead atoms. The fourth-order valence-corrected chi connectivity index (χ4v) is 2.44. The van der Waals surface area contributed by atoms with Crippen LogP contribution in [0.2, 0.25) is 0 Å². The molecule has 2 N–H and O–H groups in total. The molecule has 0 spiro atoms. The van der Waals surface area contributed by atoms with Crippen molar-refractivity contribution in [2.75, 3.05) is 13.6 Å². The van der Waals surface area contributed by atoms with E-state index in [2.05, 4.69) is 10.0 Å². The predicted octanol–water partition coefficient (Wildman–Crippen LogP) is 1.30. The monoisotopic (exact) mass is 278 g/mol. The number of nitrogens with one attached hydrogen (secondary N) is 2. The molecule has 0 fully saturated rings. The fraction of sp³-hybridized carbons (Fsp3) is 0.455. The van der Waals surface area contributed by atoms with Crippen LogP contribution in [0.5, 0.6) is 0 Å². The third-order valence-corrected chi connectivity index (χ3v) is 3.79. The molecule has 17 heavy (non-hydrogen) atoms. The van der Waals surface area contributed by atoms with Gasteiger partial charge in [0.15, 0.2) is 0 Å². The molecular formula is C11H19ClN2O2S. The van der Waals surface area contributed by atoms with Gasteiger partial charge in [-0.1, -0.05) is 12.1 Å². The molecule has 0 radical (unpaired) electrons. The molecule has 0 saturated carbocycles. The lowest BCUT2D eigenvalue weighted by atomic mass is 10.2. The standard InChI is InChI=1S/C11H18N2O2S.ClH/c1-9-5-4-6-11(7-9)16(14,15)13-8-10(2)12-3;/h4-7,10,12-13H,8H2,1-3H3;1H. The van der Waals surface area contributed by atoms with Gasteiger partial charge in [-0.15, -0.1) is 12.4 Å². The van der Waals surface area contributed by atoms with Gasteiger partial charge >= 0.3 is 0 Å². The lowest BCUT2D eigenvalue weighted by Gasteiger charge is -2.12. The van der Waals surface area contributed by atoms with Gasteiger partial charge in [-0.05, 0) is 38.6 Å². The second-order valence-corrected chi connectivity index (χ2v) is 5.63. The Bertz CT molecular complexity index is 449. The van der Waals surface area contributed by atoms with Gasteiger partial charge in [-0.3, -0.25) is 0 Å². The number of likely N-dealkylation sites (N-methyl/N-ethyl adjacent to an activating group) is 1. The second-order valence-electron chi connectivity index (χ2n) is 3.86. The molecule has 0 amide bonds. The van der Waals surface area contributed by atoms with Crippen molar-refractivity contribution >= 4 is 22.4 Å². The summed E-state index contributed by atoms with van der Waals surface area (Å²) >= 11 is 0. The number of rotatable bonds is 5. The van der Waals surface area contributed by atoms with Gasteiger partial charge < -0.3 is 5.32 Å². The zero-order valence-electron chi connectivity index (χ0n) is 10.2. The predicted molar refractivity (Wildman–Crippen MR) is 72.1 cm³/mol. The van der Waals surface area contributed by atoms with Crippen molar-refractivity contribution in [2.45, 2.75) is 24.8 Å². The van der Waals surface area contributed by atoms with Gasteiger partial charge in [-0.2, -0.15) is 0 Å². The number of halogens is 1. The minimum atomic E-state index is -3.38. The van der Waals surface area contributed by atoms with E-state index in [0.29, 0.717) is 11.4 Å². The molecule has 0 aliphatic rings. The molecule has 1 atom stereocenters. The maximum atomic E-state index is 11.9. The highest BCUT2D eigenvalue weighted by Crippen LogP contribution is 2.10. The van der Waals surface area contributed by atoms with Crippen molar-refractivity contribution in [1.82, 2.24) is 10.0 Å². The SMILES string of the molecule is CNC(C)CNS(=O)(=O)c1cccc(C)c1.Cl. The molecule has 1 aromatic rings. The topological polar surface area (TPSA) is 58.2 Å². The van der Waals surface area contributed by atoms with Gasteiger partial charge in [0.25, 0.3) is 0 Å². The van der Waals surface area contributed by atoms with Crippen LogP contribution >= 0.6 is 12.4 Å². The summed E-state index contributed by atoms with van der Waals surface area (Å²) in [5.41, 5.74) is 0.935. The highest BCUT2D eigenvalue weighted by molar-refractivity contribution is 7.89. The number of hydrogen-bond donors (Lipinski definition) is 2. The van der Waals surface area contributed by atoms with Crippen molar-refractivity contribution in [1.29, 1.82) is 0 Å². The van der Waals surface area contributed by atoms with Crippen molar-refractivity contribution in [3.8, 4) is 0 Å². The molecule has 6 heteroatoms. The maximum Gasteiger partial charge on any atom is 0.240 e. The van der Waals surface area contributed by atoms with Crippen LogP contribution in [0.25, 0.3) is 0 Å². The molecule has 0 aliphatic carbocycles. The molecule has 0 heterocycles. The molecule has 0 aliphatic heterocycles. The minimum absolute atomic E-state index is 0. The highest BCUT2D eigenvalue weighted by atomic mass is 35.5. The van der Waals surface area contributed by atoms with Gasteiger partial charge in [0.05, 0.1) is 4.90 Å². The average molecular weight is 279 g/mol. The third kappa shape index (κ3) is 5.04. The normalized spacial score (nSPS) is 12.9. The number of aryl methyl sites for hydroxylation is 1. The molecule has 1 aromatic carbocycles. The first kappa shape index (κ1) is 16.4. The molecule has 98 valence electrons. The fourth-order valence-electron chi connectivity index (χ4n) is 1.20. The lowest BCUT2D eigenvalue weighted by Crippen LogP contribution is -2.37. The maximum absolute atomic E-state index is 11.9. The summed E-state index contributed by atoms with van der Waals surface area (Å²) in [7, 11) is -1.58. The Morgan fingerprint density at radius 3 is 2.53 bits per heavy atom. The quantitative estimate of drug-likeness (QED) is 0.854. The summed E-state index contributed by atoms with van der Waals surface area (Å²) in [6.45, 7) is 4.17. The van der Waals surface area contributed by atoms with Crippen molar-refractivity contribution in [3.63, 3.8) is 0 Å². The first-order valence-corrected chi connectivity index (χ1v) is 6.67. The van der Waals surface area contributed by atoms with Gasteiger partial charge in [0.1, 0.15) is 0 Å². The van der Waals surface area contributed by atoms with Gasteiger partial charge in [-0.25, -0.2) is 13.1 Å². The van der Waals surface area contributed by atoms with Crippen LogP contribution in [0.15, 0.2) is 29.2 Å². The van der Waals surface area contributed by atoms with Crippen LogP contribution in [0.4, 0.5) is 0 Å².